The lowest BCUT2D eigenvalue weighted by Gasteiger charge is -2.50. The van der Waals surface area contributed by atoms with Crippen LogP contribution in [-0.2, 0) is 18.8 Å². The number of amides is 1. The maximum atomic E-state index is 13.0. The first-order chi connectivity index (χ1) is 13.4. The second-order valence-corrected chi connectivity index (χ2v) is 15.0. The fourth-order valence-electron chi connectivity index (χ4n) is 3.80. The summed E-state index contributed by atoms with van der Waals surface area (Å²) in [5, 5.41) is 18.5. The SMILES string of the molecule is C[C@@H](O[Si](C)(C)C(C)(C)C)[C@H]1C(=O)N2C(C(=O)O)=C(SCCC#N)[C@H](CC=O)[C@H]12. The van der Waals surface area contributed by atoms with Crippen LogP contribution in [0.1, 0.15) is 40.5 Å². The summed E-state index contributed by atoms with van der Waals surface area (Å²) in [6, 6.07) is 1.65. The van der Waals surface area contributed by atoms with Crippen molar-refractivity contribution < 1.29 is 23.9 Å². The summed E-state index contributed by atoms with van der Waals surface area (Å²) >= 11 is 1.27. The Labute approximate surface area is 177 Å². The van der Waals surface area contributed by atoms with Gasteiger partial charge in [0.15, 0.2) is 8.32 Å². The molecule has 0 bridgehead atoms. The molecule has 0 spiro atoms. The molecule has 0 aromatic rings. The van der Waals surface area contributed by atoms with Gasteiger partial charge in [-0.2, -0.15) is 5.26 Å². The van der Waals surface area contributed by atoms with Gasteiger partial charge in [-0.1, -0.05) is 20.8 Å². The van der Waals surface area contributed by atoms with E-state index in [1.54, 1.807) is 0 Å². The fraction of sp³-hybridized carbons (Fsp3) is 0.700. The molecule has 9 heteroatoms. The third kappa shape index (κ3) is 4.30. The summed E-state index contributed by atoms with van der Waals surface area (Å²) in [5.41, 5.74) is -0.0365. The van der Waals surface area contributed by atoms with Gasteiger partial charge < -0.3 is 19.2 Å². The molecule has 2 aliphatic heterocycles. The Hall–Kier alpha value is -1.63. The first kappa shape index (κ1) is 23.6. The number of aliphatic carboxylic acids is 1. The van der Waals surface area contributed by atoms with E-state index in [2.05, 4.69) is 33.9 Å². The van der Waals surface area contributed by atoms with E-state index in [1.165, 1.54) is 16.7 Å². The predicted octanol–water partition coefficient (Wildman–Crippen LogP) is 3.39. The van der Waals surface area contributed by atoms with Crippen LogP contribution in [0.25, 0.3) is 0 Å². The average Bonchev–Trinajstić information content (AvgIpc) is 2.84. The largest absolute Gasteiger partial charge is 0.477 e. The summed E-state index contributed by atoms with van der Waals surface area (Å²) < 4.78 is 6.43. The number of aldehydes is 1. The molecule has 7 nitrogen and oxygen atoms in total. The van der Waals surface area contributed by atoms with Crippen molar-refractivity contribution in [3.8, 4) is 6.07 Å². The molecule has 1 amide bonds. The molecule has 29 heavy (non-hydrogen) atoms. The molecular formula is C20H30N2O5SSi. The van der Waals surface area contributed by atoms with Gasteiger partial charge >= 0.3 is 5.97 Å². The van der Waals surface area contributed by atoms with Gasteiger partial charge in [0.25, 0.3) is 0 Å². The van der Waals surface area contributed by atoms with Crippen molar-refractivity contribution in [1.29, 1.82) is 5.26 Å². The van der Waals surface area contributed by atoms with Crippen molar-refractivity contribution in [2.45, 2.75) is 70.8 Å². The van der Waals surface area contributed by atoms with Gasteiger partial charge in [0.05, 0.1) is 24.1 Å². The number of β-lactam (4-membered cyclic amide) rings is 1. The number of fused-ring (bicyclic) bond motifs is 1. The van der Waals surface area contributed by atoms with Crippen LogP contribution in [0.3, 0.4) is 0 Å². The molecule has 2 aliphatic rings. The summed E-state index contributed by atoms with van der Waals surface area (Å²) in [5.74, 6) is -1.85. The minimum atomic E-state index is -2.12. The van der Waals surface area contributed by atoms with E-state index < -0.39 is 20.2 Å². The fourth-order valence-corrected chi connectivity index (χ4v) is 6.42. The maximum absolute atomic E-state index is 13.0. The Bertz CT molecular complexity index is 768. The molecule has 2 rings (SSSR count). The Balaban J connectivity index is 2.33. The molecule has 0 unspecified atom stereocenters. The predicted molar refractivity (Wildman–Crippen MR) is 113 cm³/mol. The van der Waals surface area contributed by atoms with E-state index in [9.17, 15) is 19.5 Å². The topological polar surface area (TPSA) is 108 Å². The van der Waals surface area contributed by atoms with Crippen molar-refractivity contribution >= 4 is 38.2 Å². The third-order valence-corrected chi connectivity index (χ3v) is 12.0. The number of hydrogen-bond donors (Lipinski definition) is 1. The van der Waals surface area contributed by atoms with E-state index >= 15 is 0 Å². The van der Waals surface area contributed by atoms with Crippen molar-refractivity contribution in [3.63, 3.8) is 0 Å². The highest BCUT2D eigenvalue weighted by Gasteiger charge is 2.62. The second-order valence-electron chi connectivity index (χ2n) is 9.09. The number of carboxylic acid groups (broad SMARTS) is 1. The zero-order valence-electron chi connectivity index (χ0n) is 17.9. The minimum Gasteiger partial charge on any atom is -0.477 e. The molecule has 0 radical (unpaired) electrons. The van der Waals surface area contributed by atoms with Crippen LogP contribution in [0.2, 0.25) is 18.1 Å². The van der Waals surface area contributed by atoms with Crippen LogP contribution >= 0.6 is 11.8 Å². The number of carbonyl (C=O) groups is 3. The molecule has 4 atom stereocenters. The van der Waals surface area contributed by atoms with Crippen molar-refractivity contribution in [2.24, 2.45) is 11.8 Å². The molecule has 0 aromatic heterocycles. The second kappa shape index (κ2) is 8.62. The van der Waals surface area contributed by atoms with Gasteiger partial charge in [-0.15, -0.1) is 11.8 Å². The lowest BCUT2D eigenvalue weighted by atomic mass is 9.77. The Morgan fingerprint density at radius 2 is 2.07 bits per heavy atom. The number of rotatable bonds is 9. The summed E-state index contributed by atoms with van der Waals surface area (Å²) in [6.07, 6.45) is 0.820. The Kier molecular flexibility index (Phi) is 7.03. The van der Waals surface area contributed by atoms with Gasteiger partial charge in [0.1, 0.15) is 12.0 Å². The van der Waals surface area contributed by atoms with Crippen LogP contribution in [0.5, 0.6) is 0 Å². The minimum absolute atomic E-state index is 0.0194. The summed E-state index contributed by atoms with van der Waals surface area (Å²) in [6.45, 7) is 12.5. The normalized spacial score (nSPS) is 25.3. The van der Waals surface area contributed by atoms with Crippen molar-refractivity contribution in [2.75, 3.05) is 5.75 Å². The van der Waals surface area contributed by atoms with E-state index in [-0.39, 0.29) is 47.5 Å². The van der Waals surface area contributed by atoms with Gasteiger partial charge in [-0.05, 0) is 25.1 Å². The quantitative estimate of drug-likeness (QED) is 0.254. The molecule has 2 heterocycles. The Morgan fingerprint density at radius 3 is 2.55 bits per heavy atom. The number of nitrogens with zero attached hydrogens (tertiary/aromatic N) is 2. The third-order valence-electron chi connectivity index (χ3n) is 6.23. The van der Waals surface area contributed by atoms with Gasteiger partial charge in [-0.3, -0.25) is 4.79 Å². The van der Waals surface area contributed by atoms with E-state index in [0.717, 1.165) is 6.29 Å². The highest BCUT2D eigenvalue weighted by molar-refractivity contribution is 8.03. The van der Waals surface area contributed by atoms with Crippen molar-refractivity contribution in [3.05, 3.63) is 10.6 Å². The van der Waals surface area contributed by atoms with Crippen LogP contribution < -0.4 is 0 Å². The standard InChI is InChI=1S/C20H30N2O5SSi/c1-12(27-29(5,6)20(2,3)4)14-15-13(8-10-23)17(28-11-7-9-21)16(19(25)26)22(15)18(14)24/h10,12-15H,7-8,11H2,1-6H3,(H,25,26)/t12-,13-,14-,15-/m1/s1. The zero-order chi connectivity index (χ0) is 22.1. The molecule has 1 N–H and O–H groups in total. The molecule has 1 saturated heterocycles. The number of thioether (sulfide) groups is 1. The molecule has 0 aliphatic carbocycles. The molecular weight excluding hydrogens is 408 g/mol. The van der Waals surface area contributed by atoms with Crippen LogP contribution in [0.15, 0.2) is 10.6 Å². The first-order valence-electron chi connectivity index (χ1n) is 9.80. The van der Waals surface area contributed by atoms with Gasteiger partial charge in [0.2, 0.25) is 5.91 Å². The van der Waals surface area contributed by atoms with Gasteiger partial charge in [-0.25, -0.2) is 4.79 Å². The smallest absolute Gasteiger partial charge is 0.353 e. The average molecular weight is 439 g/mol. The molecule has 0 aromatic carbocycles. The first-order valence-corrected chi connectivity index (χ1v) is 13.7. The number of hydrogen-bond acceptors (Lipinski definition) is 6. The van der Waals surface area contributed by atoms with Crippen molar-refractivity contribution in [1.82, 2.24) is 4.90 Å². The molecule has 0 saturated carbocycles. The highest BCUT2D eigenvalue weighted by atomic mass is 32.2. The molecule has 160 valence electrons. The number of nitriles is 1. The van der Waals surface area contributed by atoms with E-state index in [0.29, 0.717) is 10.7 Å². The summed E-state index contributed by atoms with van der Waals surface area (Å²) in [7, 11) is -2.12. The monoisotopic (exact) mass is 438 g/mol. The lowest BCUT2D eigenvalue weighted by Crippen LogP contribution is -2.65. The van der Waals surface area contributed by atoms with E-state index in [1.807, 2.05) is 13.0 Å². The molecule has 1 fully saturated rings. The lowest BCUT2D eigenvalue weighted by molar-refractivity contribution is -0.163. The number of carboxylic acids is 1. The Morgan fingerprint density at radius 1 is 1.45 bits per heavy atom. The van der Waals surface area contributed by atoms with E-state index in [4.69, 9.17) is 9.69 Å². The van der Waals surface area contributed by atoms with Crippen LogP contribution in [-0.4, -0.2) is 54.4 Å². The maximum Gasteiger partial charge on any atom is 0.353 e. The summed E-state index contributed by atoms with van der Waals surface area (Å²) in [4.78, 5) is 38.1. The van der Waals surface area contributed by atoms with Gasteiger partial charge in [0, 0.05) is 29.4 Å². The zero-order valence-corrected chi connectivity index (χ0v) is 19.7. The number of carbonyl (C=O) groups excluding carboxylic acids is 2. The highest BCUT2D eigenvalue weighted by Crippen LogP contribution is 2.52. The van der Waals surface area contributed by atoms with Crippen LogP contribution in [0, 0.1) is 23.2 Å². The van der Waals surface area contributed by atoms with Crippen LogP contribution in [0.4, 0.5) is 0 Å².